The number of nitrogens with zero attached hydrogens (tertiary/aromatic N) is 4. The number of likely N-dealkylation sites (tertiary alicyclic amines) is 3. The summed E-state index contributed by atoms with van der Waals surface area (Å²) in [6.07, 6.45) is 4.81. The van der Waals surface area contributed by atoms with Crippen LogP contribution in [-0.4, -0.2) is 75.7 Å². The summed E-state index contributed by atoms with van der Waals surface area (Å²) in [5.41, 5.74) is 0.424. The summed E-state index contributed by atoms with van der Waals surface area (Å²) in [6.45, 7) is 6.74. The maximum Gasteiger partial charge on any atom is 0.253 e. The molecule has 0 aromatic carbocycles. The predicted octanol–water partition coefficient (Wildman–Crippen LogP) is 1.01. The molecule has 0 bridgehead atoms. The fraction of sp³-hybridized carbons (Fsp3) is 0.600. The van der Waals surface area contributed by atoms with Crippen molar-refractivity contribution < 1.29 is 14.4 Å². The van der Waals surface area contributed by atoms with Crippen LogP contribution in [0.25, 0.3) is 0 Å². The molecule has 7 heteroatoms. The van der Waals surface area contributed by atoms with Crippen molar-refractivity contribution in [3.63, 3.8) is 0 Å². The second kappa shape index (κ2) is 6.62. The van der Waals surface area contributed by atoms with Gasteiger partial charge in [-0.05, 0) is 31.9 Å². The van der Waals surface area contributed by atoms with E-state index in [9.17, 15) is 14.4 Å². The first-order chi connectivity index (χ1) is 13.0. The van der Waals surface area contributed by atoms with Crippen LogP contribution in [0.4, 0.5) is 0 Å². The molecule has 3 aliphatic rings. The lowest BCUT2D eigenvalue weighted by atomic mass is 9.74. The Balaban J connectivity index is 1.54. The third-order valence-corrected chi connectivity index (χ3v) is 6.74. The Morgan fingerprint density at radius 1 is 1.15 bits per heavy atom. The Kier molecular flexibility index (Phi) is 4.40. The fourth-order valence-corrected chi connectivity index (χ4v) is 5.36. The summed E-state index contributed by atoms with van der Waals surface area (Å²) in [7, 11) is 0. The molecule has 7 nitrogen and oxygen atoms in total. The second-order valence-electron chi connectivity index (χ2n) is 7.85. The minimum atomic E-state index is -0.226. The molecule has 27 heavy (non-hydrogen) atoms. The number of piperidine rings is 1. The zero-order valence-corrected chi connectivity index (χ0v) is 15.9. The summed E-state index contributed by atoms with van der Waals surface area (Å²) in [5.74, 6) is 0.331. The highest BCUT2D eigenvalue weighted by molar-refractivity contribution is 5.94. The van der Waals surface area contributed by atoms with Crippen LogP contribution in [0.3, 0.4) is 0 Å². The van der Waals surface area contributed by atoms with Crippen LogP contribution in [0.2, 0.25) is 0 Å². The highest BCUT2D eigenvalue weighted by atomic mass is 16.2. The van der Waals surface area contributed by atoms with Gasteiger partial charge in [-0.1, -0.05) is 0 Å². The summed E-state index contributed by atoms with van der Waals surface area (Å²) in [6, 6.07) is 3.48. The fourth-order valence-electron chi connectivity index (χ4n) is 5.36. The van der Waals surface area contributed by atoms with Crippen molar-refractivity contribution >= 4 is 17.7 Å². The Bertz CT molecular complexity index is 758. The molecule has 1 aromatic rings. The van der Waals surface area contributed by atoms with Crippen LogP contribution in [-0.2, 0) is 9.59 Å². The van der Waals surface area contributed by atoms with Crippen molar-refractivity contribution in [1.29, 1.82) is 0 Å². The molecule has 144 valence electrons. The topological polar surface area (TPSA) is 73.8 Å². The van der Waals surface area contributed by atoms with Crippen molar-refractivity contribution in [2.24, 2.45) is 11.8 Å². The van der Waals surface area contributed by atoms with Crippen molar-refractivity contribution in [2.45, 2.75) is 32.2 Å². The van der Waals surface area contributed by atoms with Crippen LogP contribution >= 0.6 is 0 Å². The first-order valence-electron chi connectivity index (χ1n) is 9.74. The molecular weight excluding hydrogens is 344 g/mol. The monoisotopic (exact) mass is 370 g/mol. The molecule has 3 aliphatic heterocycles. The molecular formula is C20H26N4O3. The molecule has 0 aliphatic carbocycles. The molecule has 0 unspecified atom stereocenters. The molecule has 2 atom stereocenters. The van der Waals surface area contributed by atoms with Gasteiger partial charge >= 0.3 is 0 Å². The van der Waals surface area contributed by atoms with Crippen LogP contribution in [0.5, 0.6) is 0 Å². The highest BCUT2D eigenvalue weighted by Gasteiger charge is 2.61. The van der Waals surface area contributed by atoms with Crippen LogP contribution in [0.1, 0.15) is 37.0 Å². The summed E-state index contributed by atoms with van der Waals surface area (Å²) < 4.78 is 0. The van der Waals surface area contributed by atoms with E-state index < -0.39 is 0 Å². The zero-order valence-electron chi connectivity index (χ0n) is 15.9. The lowest BCUT2D eigenvalue weighted by molar-refractivity contribution is -0.136. The van der Waals surface area contributed by atoms with E-state index in [1.807, 2.05) is 21.6 Å². The minimum Gasteiger partial charge on any atom is -0.342 e. The molecule has 4 heterocycles. The van der Waals surface area contributed by atoms with Gasteiger partial charge in [0.25, 0.3) is 5.91 Å². The van der Waals surface area contributed by atoms with Gasteiger partial charge in [0.1, 0.15) is 0 Å². The summed E-state index contributed by atoms with van der Waals surface area (Å²) in [5, 5.41) is 0. The number of rotatable bonds is 2. The van der Waals surface area contributed by atoms with Gasteiger partial charge in [0.05, 0.1) is 11.5 Å². The van der Waals surface area contributed by atoms with E-state index in [2.05, 4.69) is 4.98 Å². The standard InChI is InChI=1S/C20H26N4O3/c1-3-24-19(27)16-12-23(14(2)25)13-17(16)20(24)6-10-22(11-7-20)18(26)15-4-8-21-9-5-15/h4-5,8-9,16-17H,3,6-7,10-13H2,1-2H3/t16-,17+/m0/s1. The molecule has 4 rings (SSSR count). The number of carbonyl (C=O) groups excluding carboxylic acids is 3. The van der Waals surface area contributed by atoms with Gasteiger partial charge in [0.2, 0.25) is 11.8 Å². The molecule has 3 amide bonds. The van der Waals surface area contributed by atoms with Crippen molar-refractivity contribution in [1.82, 2.24) is 19.7 Å². The lowest BCUT2D eigenvalue weighted by Crippen LogP contribution is -2.58. The number of fused-ring (bicyclic) bond motifs is 2. The van der Waals surface area contributed by atoms with E-state index in [1.54, 1.807) is 31.5 Å². The van der Waals surface area contributed by atoms with Crippen molar-refractivity contribution in [3.05, 3.63) is 30.1 Å². The van der Waals surface area contributed by atoms with Crippen LogP contribution in [0.15, 0.2) is 24.5 Å². The first-order valence-corrected chi connectivity index (χ1v) is 9.74. The number of amides is 3. The van der Waals surface area contributed by atoms with E-state index in [4.69, 9.17) is 0 Å². The van der Waals surface area contributed by atoms with Gasteiger partial charge in [0, 0.05) is 63.5 Å². The average Bonchev–Trinajstić information content (AvgIpc) is 3.22. The van der Waals surface area contributed by atoms with Gasteiger partial charge in [-0.25, -0.2) is 0 Å². The number of aromatic nitrogens is 1. The molecule has 0 saturated carbocycles. The zero-order chi connectivity index (χ0) is 19.2. The molecule has 3 saturated heterocycles. The van der Waals surface area contributed by atoms with Gasteiger partial charge in [-0.3, -0.25) is 19.4 Å². The van der Waals surface area contributed by atoms with Gasteiger partial charge in [-0.15, -0.1) is 0 Å². The van der Waals surface area contributed by atoms with Gasteiger partial charge in [-0.2, -0.15) is 0 Å². The third kappa shape index (κ3) is 2.71. The van der Waals surface area contributed by atoms with Crippen molar-refractivity contribution in [3.8, 4) is 0 Å². The van der Waals surface area contributed by atoms with Crippen LogP contribution in [0, 0.1) is 11.8 Å². The Hall–Kier alpha value is -2.44. The highest BCUT2D eigenvalue weighted by Crippen LogP contribution is 2.49. The Labute approximate surface area is 159 Å². The van der Waals surface area contributed by atoms with E-state index in [0.717, 1.165) is 12.8 Å². The maximum atomic E-state index is 13.0. The van der Waals surface area contributed by atoms with E-state index >= 15 is 0 Å². The predicted molar refractivity (Wildman–Crippen MR) is 98.7 cm³/mol. The normalized spacial score (nSPS) is 26.6. The van der Waals surface area contributed by atoms with Gasteiger partial charge in [0.15, 0.2) is 0 Å². The number of carbonyl (C=O) groups is 3. The molecule has 0 N–H and O–H groups in total. The third-order valence-electron chi connectivity index (χ3n) is 6.74. The Morgan fingerprint density at radius 3 is 2.41 bits per heavy atom. The van der Waals surface area contributed by atoms with Gasteiger partial charge < -0.3 is 14.7 Å². The smallest absolute Gasteiger partial charge is 0.253 e. The molecule has 1 spiro atoms. The number of hydrogen-bond donors (Lipinski definition) is 0. The molecule has 3 fully saturated rings. The molecule has 0 radical (unpaired) electrons. The Morgan fingerprint density at radius 2 is 1.81 bits per heavy atom. The number of hydrogen-bond acceptors (Lipinski definition) is 4. The van der Waals surface area contributed by atoms with E-state index in [1.165, 1.54) is 0 Å². The molecule has 1 aromatic heterocycles. The van der Waals surface area contributed by atoms with E-state index in [0.29, 0.717) is 38.3 Å². The quantitative estimate of drug-likeness (QED) is 0.779. The number of pyridine rings is 1. The van der Waals surface area contributed by atoms with Crippen molar-refractivity contribution in [2.75, 3.05) is 32.7 Å². The average molecular weight is 370 g/mol. The minimum absolute atomic E-state index is 0.0213. The summed E-state index contributed by atoms with van der Waals surface area (Å²) >= 11 is 0. The SMILES string of the molecule is CCN1C(=O)[C@H]2CN(C(C)=O)C[C@H]2C12CCN(C(=O)c1ccncc1)CC2. The summed E-state index contributed by atoms with van der Waals surface area (Å²) in [4.78, 5) is 47.3. The van der Waals surface area contributed by atoms with E-state index in [-0.39, 0.29) is 35.1 Å². The largest absolute Gasteiger partial charge is 0.342 e. The second-order valence-corrected chi connectivity index (χ2v) is 7.85. The van der Waals surface area contributed by atoms with Crippen LogP contribution < -0.4 is 0 Å². The lowest BCUT2D eigenvalue weighted by Gasteiger charge is -2.47. The first kappa shape index (κ1) is 17.9. The maximum absolute atomic E-state index is 13.0.